The van der Waals surface area contributed by atoms with Crippen LogP contribution in [-0.2, 0) is 6.54 Å². The molecule has 3 nitrogen and oxygen atoms in total. The normalized spacial score (nSPS) is 10.8. The number of halogens is 1. The van der Waals surface area contributed by atoms with Crippen molar-refractivity contribution in [2.24, 2.45) is 5.73 Å². The van der Waals surface area contributed by atoms with Gasteiger partial charge in [-0.3, -0.25) is 5.41 Å². The lowest BCUT2D eigenvalue weighted by Gasteiger charge is -2.29. The van der Waals surface area contributed by atoms with Gasteiger partial charge in [-0.15, -0.1) is 11.3 Å². The summed E-state index contributed by atoms with van der Waals surface area (Å²) >= 11 is 5.36. The predicted molar refractivity (Wildman–Crippen MR) is 90.8 cm³/mol. The number of nitrogens with two attached hydrogens (primary N) is 1. The van der Waals surface area contributed by atoms with E-state index >= 15 is 0 Å². The second kappa shape index (κ2) is 6.41. The molecule has 0 aliphatic heterocycles. The van der Waals surface area contributed by atoms with E-state index in [0.29, 0.717) is 6.04 Å². The molecule has 1 aromatic carbocycles. The fraction of sp³-hybridized carbons (Fsp3) is 0.267. The Balaban J connectivity index is 2.32. The maximum absolute atomic E-state index is 7.50. The lowest BCUT2D eigenvalue weighted by molar-refractivity contribution is 0.686. The third kappa shape index (κ3) is 3.41. The Morgan fingerprint density at radius 2 is 2.15 bits per heavy atom. The molecule has 0 bridgehead atoms. The number of rotatable bonds is 5. The molecule has 0 aliphatic carbocycles. The third-order valence-electron chi connectivity index (χ3n) is 3.10. The topological polar surface area (TPSA) is 53.1 Å². The zero-order valence-corrected chi connectivity index (χ0v) is 14.0. The quantitative estimate of drug-likeness (QED) is 0.626. The van der Waals surface area contributed by atoms with Crippen LogP contribution in [0.3, 0.4) is 0 Å². The van der Waals surface area contributed by atoms with E-state index < -0.39 is 0 Å². The van der Waals surface area contributed by atoms with Crippen LogP contribution in [0.25, 0.3) is 0 Å². The first-order valence-electron chi connectivity index (χ1n) is 6.42. The van der Waals surface area contributed by atoms with Crippen molar-refractivity contribution < 1.29 is 0 Å². The predicted octanol–water partition coefficient (Wildman–Crippen LogP) is 4.21. The van der Waals surface area contributed by atoms with Crippen LogP contribution in [-0.4, -0.2) is 11.9 Å². The van der Waals surface area contributed by atoms with Crippen LogP contribution < -0.4 is 10.6 Å². The van der Waals surface area contributed by atoms with Crippen LogP contribution in [0.2, 0.25) is 0 Å². The average Bonchev–Trinajstić information content (AvgIpc) is 2.89. The summed E-state index contributed by atoms with van der Waals surface area (Å²) in [6, 6.07) is 10.4. The first-order valence-corrected chi connectivity index (χ1v) is 8.09. The van der Waals surface area contributed by atoms with Crippen LogP contribution in [0.4, 0.5) is 5.69 Å². The maximum atomic E-state index is 7.50. The van der Waals surface area contributed by atoms with Crippen molar-refractivity contribution in [2.75, 3.05) is 4.90 Å². The van der Waals surface area contributed by atoms with Crippen LogP contribution in [0.1, 0.15) is 24.3 Å². The monoisotopic (exact) mass is 351 g/mol. The largest absolute Gasteiger partial charge is 0.384 e. The molecule has 106 valence electrons. The number of hydrogen-bond acceptors (Lipinski definition) is 3. The van der Waals surface area contributed by atoms with E-state index in [0.717, 1.165) is 22.3 Å². The Hall–Kier alpha value is -1.33. The Kier molecular flexibility index (Phi) is 4.83. The number of hydrogen-bond donors (Lipinski definition) is 2. The zero-order chi connectivity index (χ0) is 14.7. The van der Waals surface area contributed by atoms with Gasteiger partial charge in [-0.05, 0) is 59.4 Å². The lowest BCUT2D eigenvalue weighted by Crippen LogP contribution is -2.30. The average molecular weight is 352 g/mol. The minimum atomic E-state index is 0.0894. The first kappa shape index (κ1) is 15.1. The Morgan fingerprint density at radius 1 is 1.40 bits per heavy atom. The molecule has 2 rings (SSSR count). The molecule has 0 fully saturated rings. The standard InChI is InChI=1S/C15H18BrN3S/c1-10(2)19(9-12-4-3-7-20-12)14-6-5-11(15(17)18)8-13(14)16/h3-8,10H,9H2,1-2H3,(H3,17,18). The van der Waals surface area contributed by atoms with Gasteiger partial charge in [0.2, 0.25) is 0 Å². The molecule has 0 aliphatic rings. The highest BCUT2D eigenvalue weighted by atomic mass is 79.9. The summed E-state index contributed by atoms with van der Waals surface area (Å²) in [7, 11) is 0. The zero-order valence-electron chi connectivity index (χ0n) is 11.6. The molecular formula is C15H18BrN3S. The van der Waals surface area contributed by atoms with E-state index in [1.807, 2.05) is 18.2 Å². The highest BCUT2D eigenvalue weighted by Crippen LogP contribution is 2.30. The van der Waals surface area contributed by atoms with Gasteiger partial charge in [0.15, 0.2) is 0 Å². The summed E-state index contributed by atoms with van der Waals surface area (Å²) in [6.07, 6.45) is 0. The summed E-state index contributed by atoms with van der Waals surface area (Å²) < 4.78 is 0.968. The van der Waals surface area contributed by atoms with Crippen LogP contribution in [0.15, 0.2) is 40.2 Å². The van der Waals surface area contributed by atoms with Crippen LogP contribution in [0.5, 0.6) is 0 Å². The van der Waals surface area contributed by atoms with E-state index in [2.05, 4.69) is 52.2 Å². The van der Waals surface area contributed by atoms with Gasteiger partial charge in [0.05, 0.1) is 12.2 Å². The SMILES string of the molecule is CC(C)N(Cc1cccs1)c1ccc(C(=N)N)cc1Br. The second-order valence-electron chi connectivity index (χ2n) is 4.88. The molecule has 1 heterocycles. The number of nitrogens with one attached hydrogen (secondary N) is 1. The summed E-state index contributed by atoms with van der Waals surface area (Å²) in [5.41, 5.74) is 7.39. The molecule has 1 aromatic heterocycles. The van der Waals surface area contributed by atoms with Crippen molar-refractivity contribution in [3.05, 3.63) is 50.6 Å². The van der Waals surface area contributed by atoms with Crippen molar-refractivity contribution in [2.45, 2.75) is 26.4 Å². The van der Waals surface area contributed by atoms with Crippen LogP contribution in [0, 0.1) is 5.41 Å². The molecule has 0 saturated carbocycles. The van der Waals surface area contributed by atoms with E-state index in [9.17, 15) is 0 Å². The van der Waals surface area contributed by atoms with E-state index in [1.165, 1.54) is 4.88 Å². The number of nitrogen functional groups attached to an aromatic ring is 1. The van der Waals surface area contributed by atoms with Gasteiger partial charge >= 0.3 is 0 Å². The molecule has 3 N–H and O–H groups in total. The van der Waals surface area contributed by atoms with E-state index in [4.69, 9.17) is 11.1 Å². The van der Waals surface area contributed by atoms with Gasteiger partial charge in [0.1, 0.15) is 5.84 Å². The molecule has 0 spiro atoms. The molecule has 0 amide bonds. The Morgan fingerprint density at radius 3 is 2.65 bits per heavy atom. The van der Waals surface area contributed by atoms with Crippen molar-refractivity contribution in [3.8, 4) is 0 Å². The molecular weight excluding hydrogens is 334 g/mol. The molecule has 0 saturated heterocycles. The van der Waals surface area contributed by atoms with Gasteiger partial charge in [0.25, 0.3) is 0 Å². The number of benzene rings is 1. The number of amidine groups is 1. The molecule has 5 heteroatoms. The van der Waals surface area contributed by atoms with Crippen molar-refractivity contribution >= 4 is 38.8 Å². The highest BCUT2D eigenvalue weighted by Gasteiger charge is 2.15. The van der Waals surface area contributed by atoms with E-state index in [-0.39, 0.29) is 5.84 Å². The minimum absolute atomic E-state index is 0.0894. The smallest absolute Gasteiger partial charge is 0.122 e. The van der Waals surface area contributed by atoms with Gasteiger partial charge in [-0.2, -0.15) is 0 Å². The van der Waals surface area contributed by atoms with Crippen molar-refractivity contribution in [1.82, 2.24) is 0 Å². The fourth-order valence-corrected chi connectivity index (χ4v) is 3.33. The Labute approximate surface area is 132 Å². The summed E-state index contributed by atoms with van der Waals surface area (Å²) in [4.78, 5) is 3.67. The first-order chi connectivity index (χ1) is 9.49. The van der Waals surface area contributed by atoms with Gasteiger partial charge < -0.3 is 10.6 Å². The van der Waals surface area contributed by atoms with Gasteiger partial charge in [-0.25, -0.2) is 0 Å². The van der Waals surface area contributed by atoms with Crippen molar-refractivity contribution in [1.29, 1.82) is 5.41 Å². The van der Waals surface area contributed by atoms with Gasteiger partial charge in [0, 0.05) is 21.0 Å². The van der Waals surface area contributed by atoms with Crippen molar-refractivity contribution in [3.63, 3.8) is 0 Å². The van der Waals surface area contributed by atoms with E-state index in [1.54, 1.807) is 11.3 Å². The molecule has 0 atom stereocenters. The number of thiophene rings is 1. The fourth-order valence-electron chi connectivity index (χ4n) is 2.02. The number of anilines is 1. The summed E-state index contributed by atoms with van der Waals surface area (Å²) in [5, 5.41) is 9.60. The van der Waals surface area contributed by atoms with Gasteiger partial charge in [-0.1, -0.05) is 6.07 Å². The second-order valence-corrected chi connectivity index (χ2v) is 6.77. The molecule has 20 heavy (non-hydrogen) atoms. The minimum Gasteiger partial charge on any atom is -0.384 e. The summed E-state index contributed by atoms with van der Waals surface area (Å²) in [6.45, 7) is 5.24. The highest BCUT2D eigenvalue weighted by molar-refractivity contribution is 9.10. The number of nitrogens with zero attached hydrogens (tertiary/aromatic N) is 1. The third-order valence-corrected chi connectivity index (χ3v) is 4.59. The Bertz CT molecular complexity index is 593. The summed E-state index contributed by atoms with van der Waals surface area (Å²) in [5.74, 6) is 0.0894. The lowest BCUT2D eigenvalue weighted by atomic mass is 10.1. The van der Waals surface area contributed by atoms with Crippen LogP contribution >= 0.6 is 27.3 Å². The molecule has 2 aromatic rings. The maximum Gasteiger partial charge on any atom is 0.122 e. The molecule has 0 radical (unpaired) electrons. The molecule has 0 unspecified atom stereocenters.